The van der Waals surface area contributed by atoms with Gasteiger partial charge < -0.3 is 10.2 Å². The van der Waals surface area contributed by atoms with Crippen LogP contribution in [0.2, 0.25) is 0 Å². The van der Waals surface area contributed by atoms with E-state index in [4.69, 9.17) is 0 Å². The second-order valence-corrected chi connectivity index (χ2v) is 6.51. The third-order valence-corrected chi connectivity index (χ3v) is 4.98. The van der Waals surface area contributed by atoms with Crippen LogP contribution in [0.25, 0.3) is 10.8 Å². The molecule has 112 valence electrons. The minimum atomic E-state index is 0.400. The van der Waals surface area contributed by atoms with E-state index in [-0.39, 0.29) is 0 Å². The fourth-order valence-corrected chi connectivity index (χ4v) is 3.51. The molecule has 3 rings (SSSR count). The summed E-state index contributed by atoms with van der Waals surface area (Å²) >= 11 is 0. The number of likely N-dealkylation sites (tertiary alicyclic amines) is 1. The Balaban J connectivity index is 1.77. The highest BCUT2D eigenvalue weighted by Crippen LogP contribution is 2.26. The Kier molecular flexibility index (Phi) is 4.27. The van der Waals surface area contributed by atoms with Gasteiger partial charge in [0.15, 0.2) is 0 Å². The predicted octanol–water partition coefficient (Wildman–Crippen LogP) is 3.97. The molecule has 0 spiro atoms. The molecule has 1 aliphatic rings. The molecular weight excluding hydrogens is 256 g/mol. The van der Waals surface area contributed by atoms with E-state index in [1.807, 2.05) is 0 Å². The SMILES string of the molecule is CC(NC1CCN(C)C(C)C1)c1cccc2ccccc12. The molecule has 1 aliphatic heterocycles. The Hall–Kier alpha value is -1.38. The van der Waals surface area contributed by atoms with Gasteiger partial charge in [-0.15, -0.1) is 0 Å². The van der Waals surface area contributed by atoms with Crippen LogP contribution in [-0.2, 0) is 0 Å². The first-order valence-electron chi connectivity index (χ1n) is 8.09. The Morgan fingerprint density at radius 3 is 2.71 bits per heavy atom. The number of nitrogens with one attached hydrogen (secondary N) is 1. The average molecular weight is 282 g/mol. The highest BCUT2D eigenvalue weighted by atomic mass is 15.1. The first-order valence-corrected chi connectivity index (χ1v) is 8.09. The van der Waals surface area contributed by atoms with Crippen LogP contribution in [0.3, 0.4) is 0 Å². The van der Waals surface area contributed by atoms with Crippen LogP contribution in [0.1, 0.15) is 38.3 Å². The average Bonchev–Trinajstić information content (AvgIpc) is 2.50. The van der Waals surface area contributed by atoms with Crippen LogP contribution in [0, 0.1) is 0 Å². The van der Waals surface area contributed by atoms with Crippen molar-refractivity contribution in [3.8, 4) is 0 Å². The molecule has 0 bridgehead atoms. The van der Waals surface area contributed by atoms with Gasteiger partial charge in [-0.1, -0.05) is 42.5 Å². The third kappa shape index (κ3) is 3.12. The number of piperidine rings is 1. The molecule has 3 atom stereocenters. The fourth-order valence-electron chi connectivity index (χ4n) is 3.51. The summed E-state index contributed by atoms with van der Waals surface area (Å²) in [6.07, 6.45) is 2.49. The van der Waals surface area contributed by atoms with Crippen LogP contribution >= 0.6 is 0 Å². The molecule has 2 nitrogen and oxygen atoms in total. The van der Waals surface area contributed by atoms with Gasteiger partial charge >= 0.3 is 0 Å². The number of rotatable bonds is 3. The van der Waals surface area contributed by atoms with Crippen molar-refractivity contribution in [2.24, 2.45) is 0 Å². The van der Waals surface area contributed by atoms with Crippen LogP contribution in [0.4, 0.5) is 0 Å². The minimum Gasteiger partial charge on any atom is -0.307 e. The summed E-state index contributed by atoms with van der Waals surface area (Å²) < 4.78 is 0. The highest BCUT2D eigenvalue weighted by molar-refractivity contribution is 5.86. The predicted molar refractivity (Wildman–Crippen MR) is 90.6 cm³/mol. The topological polar surface area (TPSA) is 15.3 Å². The Morgan fingerprint density at radius 1 is 1.14 bits per heavy atom. The molecule has 0 aromatic heterocycles. The van der Waals surface area contributed by atoms with E-state index < -0.39 is 0 Å². The van der Waals surface area contributed by atoms with Gasteiger partial charge in [-0.2, -0.15) is 0 Å². The van der Waals surface area contributed by atoms with E-state index in [0.717, 1.165) is 0 Å². The van der Waals surface area contributed by atoms with E-state index >= 15 is 0 Å². The zero-order chi connectivity index (χ0) is 14.8. The summed E-state index contributed by atoms with van der Waals surface area (Å²) in [7, 11) is 2.23. The number of hydrogen-bond donors (Lipinski definition) is 1. The molecule has 1 heterocycles. The van der Waals surface area contributed by atoms with E-state index in [1.54, 1.807) is 0 Å². The van der Waals surface area contributed by atoms with E-state index in [0.29, 0.717) is 18.1 Å². The maximum atomic E-state index is 3.85. The van der Waals surface area contributed by atoms with Crippen molar-refractivity contribution < 1.29 is 0 Å². The summed E-state index contributed by atoms with van der Waals surface area (Å²) in [4.78, 5) is 2.46. The minimum absolute atomic E-state index is 0.400. The maximum absolute atomic E-state index is 3.85. The monoisotopic (exact) mass is 282 g/mol. The molecule has 21 heavy (non-hydrogen) atoms. The van der Waals surface area contributed by atoms with E-state index in [9.17, 15) is 0 Å². The van der Waals surface area contributed by atoms with Crippen molar-refractivity contribution in [1.29, 1.82) is 0 Å². The van der Waals surface area contributed by atoms with Gasteiger partial charge in [-0.25, -0.2) is 0 Å². The van der Waals surface area contributed by atoms with Gasteiger partial charge in [-0.05, 0) is 56.6 Å². The van der Waals surface area contributed by atoms with Gasteiger partial charge in [0.05, 0.1) is 0 Å². The summed E-state index contributed by atoms with van der Waals surface area (Å²) in [5.41, 5.74) is 1.42. The van der Waals surface area contributed by atoms with Crippen LogP contribution < -0.4 is 5.32 Å². The number of fused-ring (bicyclic) bond motifs is 1. The quantitative estimate of drug-likeness (QED) is 0.916. The van der Waals surface area contributed by atoms with Crippen molar-refractivity contribution >= 4 is 10.8 Å². The molecule has 1 saturated heterocycles. The summed E-state index contributed by atoms with van der Waals surface area (Å²) in [6, 6.07) is 17.0. The maximum Gasteiger partial charge on any atom is 0.0300 e. The van der Waals surface area contributed by atoms with Crippen molar-refractivity contribution in [1.82, 2.24) is 10.2 Å². The molecule has 0 saturated carbocycles. The molecule has 0 aliphatic carbocycles. The molecule has 2 heteroatoms. The molecule has 0 amide bonds. The van der Waals surface area contributed by atoms with Crippen LogP contribution in [0.15, 0.2) is 42.5 Å². The number of benzene rings is 2. The van der Waals surface area contributed by atoms with Crippen molar-refractivity contribution in [3.05, 3.63) is 48.0 Å². The van der Waals surface area contributed by atoms with E-state index in [2.05, 4.69) is 73.6 Å². The van der Waals surface area contributed by atoms with Crippen molar-refractivity contribution in [2.75, 3.05) is 13.6 Å². The molecule has 0 radical (unpaired) electrons. The smallest absolute Gasteiger partial charge is 0.0300 e. The van der Waals surface area contributed by atoms with Crippen LogP contribution in [-0.4, -0.2) is 30.6 Å². The van der Waals surface area contributed by atoms with Gasteiger partial charge in [0.2, 0.25) is 0 Å². The molecule has 1 fully saturated rings. The van der Waals surface area contributed by atoms with Crippen molar-refractivity contribution in [2.45, 2.75) is 44.8 Å². The Morgan fingerprint density at radius 2 is 1.90 bits per heavy atom. The van der Waals surface area contributed by atoms with Crippen LogP contribution in [0.5, 0.6) is 0 Å². The second kappa shape index (κ2) is 6.17. The first kappa shape index (κ1) is 14.6. The third-order valence-electron chi connectivity index (χ3n) is 4.98. The Labute approximate surface area is 128 Å². The standard InChI is InChI=1S/C19H26N2/c1-14-13-17(11-12-21(14)3)20-15(2)18-10-6-8-16-7-4-5-9-19(16)18/h4-10,14-15,17,20H,11-13H2,1-3H3. The lowest BCUT2D eigenvalue weighted by Crippen LogP contribution is -2.46. The lowest BCUT2D eigenvalue weighted by Gasteiger charge is -2.37. The van der Waals surface area contributed by atoms with Gasteiger partial charge in [0, 0.05) is 18.1 Å². The summed E-state index contributed by atoms with van der Waals surface area (Å²) in [5.74, 6) is 0. The molecular formula is C19H26N2. The van der Waals surface area contributed by atoms with E-state index in [1.165, 1.54) is 35.7 Å². The van der Waals surface area contributed by atoms with Crippen molar-refractivity contribution in [3.63, 3.8) is 0 Å². The lowest BCUT2D eigenvalue weighted by atomic mass is 9.95. The normalized spacial score (nSPS) is 25.1. The summed E-state index contributed by atoms with van der Waals surface area (Å²) in [6.45, 7) is 5.82. The molecule has 2 aromatic rings. The zero-order valence-electron chi connectivity index (χ0n) is 13.3. The first-order chi connectivity index (χ1) is 10.1. The fraction of sp³-hybridized carbons (Fsp3) is 0.474. The Bertz CT molecular complexity index is 602. The molecule has 2 aromatic carbocycles. The summed E-state index contributed by atoms with van der Waals surface area (Å²) in [5, 5.41) is 6.56. The lowest BCUT2D eigenvalue weighted by molar-refractivity contribution is 0.163. The molecule has 3 unspecified atom stereocenters. The molecule has 1 N–H and O–H groups in total. The highest BCUT2D eigenvalue weighted by Gasteiger charge is 2.24. The largest absolute Gasteiger partial charge is 0.307 e. The van der Waals surface area contributed by atoms with Gasteiger partial charge in [0.25, 0.3) is 0 Å². The number of hydrogen-bond acceptors (Lipinski definition) is 2. The van der Waals surface area contributed by atoms with Gasteiger partial charge in [0.1, 0.15) is 0 Å². The van der Waals surface area contributed by atoms with Gasteiger partial charge in [-0.3, -0.25) is 0 Å². The number of nitrogens with zero attached hydrogens (tertiary/aromatic N) is 1. The second-order valence-electron chi connectivity index (χ2n) is 6.51. The zero-order valence-corrected chi connectivity index (χ0v) is 13.3.